The molecule has 1 aliphatic rings. The largest absolute Gasteiger partial charge is 0.349 e. The standard InChI is InChI=1S/C20H24ClN3O3S/c1-14-4-3-5-17(12-14)23-28(26,27)19-13-15(6-7-18(19)21)20(25)22-16-8-10-24(2)11-9-16/h3-7,12-13,16,23H,8-11H2,1-2H3,(H,22,25). The molecule has 2 aromatic rings. The number of nitrogens with zero attached hydrogens (tertiary/aromatic N) is 1. The van der Waals surface area contributed by atoms with E-state index in [1.54, 1.807) is 18.2 Å². The predicted molar refractivity (Wildman–Crippen MR) is 111 cm³/mol. The summed E-state index contributed by atoms with van der Waals surface area (Å²) in [7, 11) is -1.87. The lowest BCUT2D eigenvalue weighted by molar-refractivity contribution is 0.0916. The molecule has 28 heavy (non-hydrogen) atoms. The van der Waals surface area contributed by atoms with Crippen LogP contribution in [0.5, 0.6) is 0 Å². The molecule has 3 rings (SSSR count). The number of halogens is 1. The summed E-state index contributed by atoms with van der Waals surface area (Å²) in [6, 6.07) is 11.4. The van der Waals surface area contributed by atoms with E-state index in [4.69, 9.17) is 11.6 Å². The van der Waals surface area contributed by atoms with Gasteiger partial charge in [0.2, 0.25) is 0 Å². The zero-order valence-corrected chi connectivity index (χ0v) is 17.5. The van der Waals surface area contributed by atoms with Crippen molar-refractivity contribution < 1.29 is 13.2 Å². The van der Waals surface area contributed by atoms with E-state index in [1.165, 1.54) is 18.2 Å². The number of sulfonamides is 1. The SMILES string of the molecule is Cc1cccc(NS(=O)(=O)c2cc(C(=O)NC3CCN(C)CC3)ccc2Cl)c1. The number of hydrogen-bond acceptors (Lipinski definition) is 4. The van der Waals surface area contributed by atoms with Crippen LogP contribution in [0.25, 0.3) is 0 Å². The van der Waals surface area contributed by atoms with Gasteiger partial charge in [-0.1, -0.05) is 23.7 Å². The molecule has 2 N–H and O–H groups in total. The van der Waals surface area contributed by atoms with Crippen LogP contribution in [-0.2, 0) is 10.0 Å². The Balaban J connectivity index is 1.79. The molecule has 0 unspecified atom stereocenters. The second-order valence-electron chi connectivity index (χ2n) is 7.17. The van der Waals surface area contributed by atoms with Crippen LogP contribution in [0.2, 0.25) is 5.02 Å². The quantitative estimate of drug-likeness (QED) is 0.776. The highest BCUT2D eigenvalue weighted by molar-refractivity contribution is 7.92. The molecule has 0 aliphatic carbocycles. The minimum absolute atomic E-state index is 0.0657. The van der Waals surface area contributed by atoms with Crippen molar-refractivity contribution in [1.29, 1.82) is 0 Å². The highest BCUT2D eigenvalue weighted by atomic mass is 35.5. The third-order valence-corrected chi connectivity index (χ3v) is 6.67. The van der Waals surface area contributed by atoms with E-state index in [9.17, 15) is 13.2 Å². The van der Waals surface area contributed by atoms with Crippen LogP contribution in [0.1, 0.15) is 28.8 Å². The smallest absolute Gasteiger partial charge is 0.263 e. The van der Waals surface area contributed by atoms with Gasteiger partial charge in [-0.2, -0.15) is 0 Å². The van der Waals surface area contributed by atoms with Gasteiger partial charge in [0, 0.05) is 17.3 Å². The van der Waals surface area contributed by atoms with E-state index in [2.05, 4.69) is 22.0 Å². The first kappa shape index (κ1) is 20.6. The molecular weight excluding hydrogens is 398 g/mol. The van der Waals surface area contributed by atoms with E-state index in [1.807, 2.05) is 13.0 Å². The van der Waals surface area contributed by atoms with Crippen molar-refractivity contribution >= 4 is 33.2 Å². The third-order valence-electron chi connectivity index (χ3n) is 4.81. The summed E-state index contributed by atoms with van der Waals surface area (Å²) in [5, 5.41) is 3.05. The molecule has 0 saturated carbocycles. The molecule has 1 amide bonds. The van der Waals surface area contributed by atoms with Gasteiger partial charge >= 0.3 is 0 Å². The van der Waals surface area contributed by atoms with Crippen LogP contribution < -0.4 is 10.0 Å². The Morgan fingerprint density at radius 3 is 2.54 bits per heavy atom. The van der Waals surface area contributed by atoms with E-state index >= 15 is 0 Å². The summed E-state index contributed by atoms with van der Waals surface area (Å²) in [4.78, 5) is 14.7. The number of piperidine rings is 1. The fourth-order valence-electron chi connectivity index (χ4n) is 3.19. The molecule has 8 heteroatoms. The molecule has 1 saturated heterocycles. The molecule has 150 valence electrons. The van der Waals surface area contributed by atoms with Crippen LogP contribution in [0.4, 0.5) is 5.69 Å². The van der Waals surface area contributed by atoms with Crippen LogP contribution in [0, 0.1) is 6.92 Å². The zero-order chi connectivity index (χ0) is 20.3. The van der Waals surface area contributed by atoms with Gasteiger partial charge < -0.3 is 10.2 Å². The first-order valence-corrected chi connectivity index (χ1v) is 11.0. The zero-order valence-electron chi connectivity index (χ0n) is 15.9. The van der Waals surface area contributed by atoms with Crippen LogP contribution in [0.3, 0.4) is 0 Å². The Morgan fingerprint density at radius 2 is 1.86 bits per heavy atom. The monoisotopic (exact) mass is 421 g/mol. The van der Waals surface area contributed by atoms with Crippen molar-refractivity contribution in [1.82, 2.24) is 10.2 Å². The maximum absolute atomic E-state index is 12.8. The van der Waals surface area contributed by atoms with Crippen LogP contribution in [0.15, 0.2) is 47.4 Å². The number of amides is 1. The maximum atomic E-state index is 12.8. The fraction of sp³-hybridized carbons (Fsp3) is 0.350. The summed E-state index contributed by atoms with van der Waals surface area (Å²) >= 11 is 6.13. The Hall–Kier alpha value is -2.09. The van der Waals surface area contributed by atoms with Crippen molar-refractivity contribution in [2.75, 3.05) is 24.9 Å². The second kappa shape index (κ2) is 8.51. The van der Waals surface area contributed by atoms with Gasteiger partial charge in [0.25, 0.3) is 15.9 Å². The molecule has 2 aromatic carbocycles. The molecule has 0 spiro atoms. The molecule has 6 nitrogen and oxygen atoms in total. The maximum Gasteiger partial charge on any atom is 0.263 e. The van der Waals surface area contributed by atoms with Crippen molar-refractivity contribution in [3.63, 3.8) is 0 Å². The van der Waals surface area contributed by atoms with E-state index in [0.717, 1.165) is 31.5 Å². The minimum atomic E-state index is -3.93. The van der Waals surface area contributed by atoms with Gasteiger partial charge in [-0.3, -0.25) is 9.52 Å². The average Bonchev–Trinajstić information content (AvgIpc) is 2.63. The normalized spacial score (nSPS) is 16.0. The Kier molecular flexibility index (Phi) is 6.27. The summed E-state index contributed by atoms with van der Waals surface area (Å²) < 4.78 is 28.1. The summed E-state index contributed by atoms with van der Waals surface area (Å²) in [5.41, 5.74) is 1.64. The van der Waals surface area contributed by atoms with Crippen molar-refractivity contribution in [2.24, 2.45) is 0 Å². The lowest BCUT2D eigenvalue weighted by Crippen LogP contribution is -2.43. The summed E-state index contributed by atoms with van der Waals surface area (Å²) in [6.07, 6.45) is 1.74. The number of carbonyl (C=O) groups excluding carboxylic acids is 1. The Morgan fingerprint density at radius 1 is 1.14 bits per heavy atom. The van der Waals surface area contributed by atoms with Crippen LogP contribution >= 0.6 is 11.6 Å². The summed E-state index contributed by atoms with van der Waals surface area (Å²) in [5.74, 6) is -0.293. The molecule has 0 bridgehead atoms. The minimum Gasteiger partial charge on any atom is -0.349 e. The third kappa shape index (κ3) is 5.04. The average molecular weight is 422 g/mol. The first-order chi connectivity index (χ1) is 13.2. The molecule has 1 heterocycles. The van der Waals surface area contributed by atoms with Crippen molar-refractivity contribution in [3.8, 4) is 0 Å². The number of rotatable bonds is 5. The van der Waals surface area contributed by atoms with Gasteiger partial charge in [0.05, 0.1) is 5.02 Å². The number of aryl methyl sites for hydroxylation is 1. The van der Waals surface area contributed by atoms with Crippen LogP contribution in [-0.4, -0.2) is 45.4 Å². The number of nitrogens with one attached hydrogen (secondary N) is 2. The van der Waals surface area contributed by atoms with E-state index in [-0.39, 0.29) is 27.4 Å². The number of carbonyl (C=O) groups is 1. The Labute approximate surface area is 170 Å². The van der Waals surface area contributed by atoms with E-state index in [0.29, 0.717) is 5.69 Å². The van der Waals surface area contributed by atoms with Gasteiger partial charge in [-0.25, -0.2) is 8.42 Å². The molecule has 0 radical (unpaired) electrons. The summed E-state index contributed by atoms with van der Waals surface area (Å²) in [6.45, 7) is 3.72. The van der Waals surface area contributed by atoms with Crippen molar-refractivity contribution in [2.45, 2.75) is 30.7 Å². The number of hydrogen-bond donors (Lipinski definition) is 2. The van der Waals surface area contributed by atoms with E-state index < -0.39 is 10.0 Å². The molecule has 1 fully saturated rings. The lowest BCUT2D eigenvalue weighted by Gasteiger charge is -2.29. The molecule has 1 aliphatic heterocycles. The fourth-order valence-corrected chi connectivity index (χ4v) is 4.77. The lowest BCUT2D eigenvalue weighted by atomic mass is 10.0. The van der Waals surface area contributed by atoms with Gasteiger partial charge in [-0.15, -0.1) is 0 Å². The first-order valence-electron chi connectivity index (χ1n) is 9.13. The van der Waals surface area contributed by atoms with Crippen molar-refractivity contribution in [3.05, 3.63) is 58.6 Å². The number of benzene rings is 2. The molecule has 0 aromatic heterocycles. The van der Waals surface area contributed by atoms with Gasteiger partial charge in [-0.05, 0) is 75.8 Å². The number of likely N-dealkylation sites (tertiary alicyclic amines) is 1. The second-order valence-corrected chi connectivity index (χ2v) is 9.23. The number of anilines is 1. The topological polar surface area (TPSA) is 78.5 Å². The molecular formula is C20H24ClN3O3S. The highest BCUT2D eigenvalue weighted by Crippen LogP contribution is 2.25. The predicted octanol–water partition coefficient (Wildman–Crippen LogP) is 3.27. The highest BCUT2D eigenvalue weighted by Gasteiger charge is 2.23. The van der Waals surface area contributed by atoms with Gasteiger partial charge in [0.1, 0.15) is 4.90 Å². The van der Waals surface area contributed by atoms with Gasteiger partial charge in [0.15, 0.2) is 0 Å². The Bertz CT molecular complexity index is 970. The molecule has 0 atom stereocenters.